The molecule has 1 aliphatic heterocycles. The van der Waals surface area contributed by atoms with E-state index in [1.54, 1.807) is 12.1 Å². The van der Waals surface area contributed by atoms with Gasteiger partial charge in [-0.15, -0.1) is 0 Å². The first kappa shape index (κ1) is 16.4. The average Bonchev–Trinajstić information content (AvgIpc) is 2.48. The second-order valence-corrected chi connectivity index (χ2v) is 6.70. The molecule has 0 bridgehead atoms. The van der Waals surface area contributed by atoms with Gasteiger partial charge in [-0.05, 0) is 43.4 Å². The fourth-order valence-electron chi connectivity index (χ4n) is 3.34. The van der Waals surface area contributed by atoms with Gasteiger partial charge in [-0.1, -0.05) is 32.9 Å². The van der Waals surface area contributed by atoms with Gasteiger partial charge < -0.3 is 5.32 Å². The van der Waals surface area contributed by atoms with Crippen LogP contribution >= 0.6 is 0 Å². The third-order valence-electron chi connectivity index (χ3n) is 4.75. The van der Waals surface area contributed by atoms with Crippen LogP contribution in [0.25, 0.3) is 0 Å². The van der Waals surface area contributed by atoms with Crippen molar-refractivity contribution in [2.75, 3.05) is 13.1 Å². The highest BCUT2D eigenvalue weighted by Gasteiger charge is 2.31. The van der Waals surface area contributed by atoms with Crippen LogP contribution in [0, 0.1) is 11.7 Å². The first-order chi connectivity index (χ1) is 10.0. The standard InChI is InChI=1S/C18H29FN2/c1-5-17-12-21(18(11-20-17)13(2)3)14(4)10-15-6-8-16(19)9-7-15/h6-9,13-14,17-18,20H,5,10-12H2,1-4H3. The zero-order chi connectivity index (χ0) is 15.4. The molecule has 3 atom stereocenters. The van der Waals surface area contributed by atoms with E-state index >= 15 is 0 Å². The maximum atomic E-state index is 13.0. The molecule has 1 aromatic rings. The van der Waals surface area contributed by atoms with Crippen molar-refractivity contribution in [1.29, 1.82) is 0 Å². The Bertz CT molecular complexity index is 429. The first-order valence-corrected chi connectivity index (χ1v) is 8.24. The third-order valence-corrected chi connectivity index (χ3v) is 4.75. The molecular weight excluding hydrogens is 263 g/mol. The van der Waals surface area contributed by atoms with Crippen LogP contribution in [0.1, 0.15) is 39.7 Å². The third kappa shape index (κ3) is 4.27. The molecule has 2 rings (SSSR count). The van der Waals surface area contributed by atoms with Gasteiger partial charge >= 0.3 is 0 Å². The Morgan fingerprint density at radius 2 is 1.90 bits per heavy atom. The summed E-state index contributed by atoms with van der Waals surface area (Å²) in [6.07, 6.45) is 2.16. The lowest BCUT2D eigenvalue weighted by atomic mass is 9.94. The summed E-state index contributed by atoms with van der Waals surface area (Å²) < 4.78 is 13.0. The van der Waals surface area contributed by atoms with E-state index in [-0.39, 0.29) is 5.82 Å². The number of halogens is 1. The summed E-state index contributed by atoms with van der Waals surface area (Å²) in [7, 11) is 0. The lowest BCUT2D eigenvalue weighted by Crippen LogP contribution is -2.60. The Labute approximate surface area is 128 Å². The number of hydrogen-bond acceptors (Lipinski definition) is 2. The van der Waals surface area contributed by atoms with E-state index < -0.39 is 0 Å². The average molecular weight is 292 g/mol. The number of nitrogens with zero attached hydrogens (tertiary/aromatic N) is 1. The van der Waals surface area contributed by atoms with Gasteiger partial charge in [0, 0.05) is 31.2 Å². The number of piperazine rings is 1. The minimum absolute atomic E-state index is 0.153. The van der Waals surface area contributed by atoms with E-state index in [2.05, 4.69) is 37.9 Å². The van der Waals surface area contributed by atoms with Crippen molar-refractivity contribution in [1.82, 2.24) is 10.2 Å². The first-order valence-electron chi connectivity index (χ1n) is 8.24. The predicted octanol–water partition coefficient (Wildman–Crippen LogP) is 3.47. The molecule has 3 unspecified atom stereocenters. The van der Waals surface area contributed by atoms with E-state index in [1.807, 2.05) is 12.1 Å². The summed E-state index contributed by atoms with van der Waals surface area (Å²) in [5.74, 6) is 0.491. The molecule has 2 nitrogen and oxygen atoms in total. The Kier molecular flexibility index (Phi) is 5.77. The minimum Gasteiger partial charge on any atom is -0.311 e. The highest BCUT2D eigenvalue weighted by atomic mass is 19.1. The molecule has 118 valence electrons. The molecule has 1 fully saturated rings. The summed E-state index contributed by atoms with van der Waals surface area (Å²) >= 11 is 0. The molecule has 1 N–H and O–H groups in total. The summed E-state index contributed by atoms with van der Waals surface area (Å²) in [4.78, 5) is 2.65. The van der Waals surface area contributed by atoms with Crippen molar-refractivity contribution in [2.45, 2.75) is 58.7 Å². The van der Waals surface area contributed by atoms with Crippen LogP contribution in [-0.2, 0) is 6.42 Å². The van der Waals surface area contributed by atoms with Crippen molar-refractivity contribution < 1.29 is 4.39 Å². The quantitative estimate of drug-likeness (QED) is 0.894. The molecular formula is C18H29FN2. The highest BCUT2D eigenvalue weighted by Crippen LogP contribution is 2.21. The second kappa shape index (κ2) is 7.37. The molecule has 1 aromatic carbocycles. The van der Waals surface area contributed by atoms with E-state index in [0.29, 0.717) is 24.0 Å². The molecule has 1 heterocycles. The second-order valence-electron chi connectivity index (χ2n) is 6.70. The molecule has 1 aliphatic rings. The van der Waals surface area contributed by atoms with Crippen LogP contribution in [0.5, 0.6) is 0 Å². The topological polar surface area (TPSA) is 15.3 Å². The summed E-state index contributed by atoms with van der Waals surface area (Å²) in [6, 6.07) is 8.62. The monoisotopic (exact) mass is 292 g/mol. The lowest BCUT2D eigenvalue weighted by molar-refractivity contribution is 0.0614. The fraction of sp³-hybridized carbons (Fsp3) is 0.667. The van der Waals surface area contributed by atoms with Crippen molar-refractivity contribution in [3.8, 4) is 0 Å². The van der Waals surface area contributed by atoms with Crippen molar-refractivity contribution >= 4 is 0 Å². The SMILES string of the molecule is CCC1CN(C(C)Cc2ccc(F)cc2)C(C(C)C)CN1. The van der Waals surface area contributed by atoms with Gasteiger partial charge in [0.25, 0.3) is 0 Å². The minimum atomic E-state index is -0.153. The molecule has 0 spiro atoms. The predicted molar refractivity (Wildman–Crippen MR) is 87.0 cm³/mol. The van der Waals surface area contributed by atoms with Gasteiger partial charge in [0.05, 0.1) is 0 Å². The summed E-state index contributed by atoms with van der Waals surface area (Å²) in [5.41, 5.74) is 1.22. The molecule has 3 heteroatoms. The molecule has 1 saturated heterocycles. The fourth-order valence-corrected chi connectivity index (χ4v) is 3.34. The maximum Gasteiger partial charge on any atom is 0.123 e. The Morgan fingerprint density at radius 3 is 2.48 bits per heavy atom. The van der Waals surface area contributed by atoms with Crippen LogP contribution in [0.3, 0.4) is 0 Å². The van der Waals surface area contributed by atoms with Crippen LogP contribution in [0.15, 0.2) is 24.3 Å². The lowest BCUT2D eigenvalue weighted by Gasteiger charge is -2.45. The number of rotatable bonds is 5. The van der Waals surface area contributed by atoms with Gasteiger partial charge in [-0.3, -0.25) is 4.90 Å². The molecule has 0 aliphatic carbocycles. The van der Waals surface area contributed by atoms with Gasteiger partial charge in [0.2, 0.25) is 0 Å². The van der Waals surface area contributed by atoms with Crippen LogP contribution < -0.4 is 5.32 Å². The van der Waals surface area contributed by atoms with Crippen molar-refractivity contribution in [3.63, 3.8) is 0 Å². The number of benzene rings is 1. The van der Waals surface area contributed by atoms with Gasteiger partial charge in [0.15, 0.2) is 0 Å². The van der Waals surface area contributed by atoms with Gasteiger partial charge in [-0.25, -0.2) is 4.39 Å². The van der Waals surface area contributed by atoms with Gasteiger partial charge in [-0.2, -0.15) is 0 Å². The number of nitrogens with one attached hydrogen (secondary N) is 1. The van der Waals surface area contributed by atoms with Crippen LogP contribution in [0.2, 0.25) is 0 Å². The summed E-state index contributed by atoms with van der Waals surface area (Å²) in [5, 5.41) is 3.67. The van der Waals surface area contributed by atoms with Crippen molar-refractivity contribution in [2.24, 2.45) is 5.92 Å². The largest absolute Gasteiger partial charge is 0.311 e. The van der Waals surface area contributed by atoms with E-state index in [1.165, 1.54) is 12.0 Å². The van der Waals surface area contributed by atoms with Crippen LogP contribution in [0.4, 0.5) is 4.39 Å². The molecule has 0 aromatic heterocycles. The smallest absolute Gasteiger partial charge is 0.123 e. The Morgan fingerprint density at radius 1 is 1.24 bits per heavy atom. The zero-order valence-corrected chi connectivity index (χ0v) is 13.8. The molecule has 0 amide bonds. The van der Waals surface area contributed by atoms with Gasteiger partial charge in [0.1, 0.15) is 5.82 Å². The highest BCUT2D eigenvalue weighted by molar-refractivity contribution is 5.17. The Hall–Kier alpha value is -0.930. The number of hydrogen-bond donors (Lipinski definition) is 1. The van der Waals surface area contributed by atoms with E-state index in [9.17, 15) is 4.39 Å². The summed E-state index contributed by atoms with van der Waals surface area (Å²) in [6.45, 7) is 11.3. The van der Waals surface area contributed by atoms with E-state index in [4.69, 9.17) is 0 Å². The molecule has 0 saturated carbocycles. The normalized spacial score (nSPS) is 25.2. The molecule has 0 radical (unpaired) electrons. The van der Waals surface area contributed by atoms with E-state index in [0.717, 1.165) is 19.5 Å². The molecule has 21 heavy (non-hydrogen) atoms. The zero-order valence-electron chi connectivity index (χ0n) is 13.8. The Balaban J connectivity index is 2.05. The van der Waals surface area contributed by atoms with Crippen molar-refractivity contribution in [3.05, 3.63) is 35.6 Å². The van der Waals surface area contributed by atoms with Crippen LogP contribution in [-0.4, -0.2) is 36.1 Å². The maximum absolute atomic E-state index is 13.0.